The van der Waals surface area contributed by atoms with E-state index in [9.17, 15) is 19.5 Å². The Labute approximate surface area is 194 Å². The van der Waals surface area contributed by atoms with Gasteiger partial charge in [-0.1, -0.05) is 30.3 Å². The number of amides is 2. The van der Waals surface area contributed by atoms with E-state index in [1.807, 2.05) is 30.3 Å². The standard InChI is InChI=1S/C24H33N5O4/c1-24(2,22(32)33)12-11-20(30)29-17-19(18-9-4-3-5-10-18)21(31)25-13-6-7-14-26-23-27-15-8-16-28-23/h3-5,8-10,15-16,19H,6-7,11-14,17H2,1-2H3,(H,25,31)(H,29,30)(H,32,33)(H,26,27,28)/t19-/m1/s1. The van der Waals surface area contributed by atoms with Gasteiger partial charge in [0.2, 0.25) is 17.8 Å². The Morgan fingerprint density at radius 3 is 2.30 bits per heavy atom. The Morgan fingerprint density at radius 1 is 0.970 bits per heavy atom. The molecule has 0 aliphatic carbocycles. The summed E-state index contributed by atoms with van der Waals surface area (Å²) in [6.45, 7) is 4.54. The van der Waals surface area contributed by atoms with E-state index in [1.165, 1.54) is 0 Å². The van der Waals surface area contributed by atoms with Gasteiger partial charge in [0.25, 0.3) is 0 Å². The molecule has 33 heavy (non-hydrogen) atoms. The lowest BCUT2D eigenvalue weighted by Gasteiger charge is -2.20. The van der Waals surface area contributed by atoms with Crippen LogP contribution in [0.1, 0.15) is 51.0 Å². The van der Waals surface area contributed by atoms with Crippen molar-refractivity contribution in [1.29, 1.82) is 0 Å². The molecule has 1 aromatic carbocycles. The van der Waals surface area contributed by atoms with Gasteiger partial charge in [0.15, 0.2) is 0 Å². The molecule has 2 aromatic rings. The van der Waals surface area contributed by atoms with Crippen molar-refractivity contribution in [2.24, 2.45) is 5.41 Å². The van der Waals surface area contributed by atoms with Crippen molar-refractivity contribution in [3.63, 3.8) is 0 Å². The van der Waals surface area contributed by atoms with Crippen LogP contribution in [-0.2, 0) is 14.4 Å². The molecule has 0 radical (unpaired) electrons. The Hall–Kier alpha value is -3.49. The zero-order valence-electron chi connectivity index (χ0n) is 19.2. The first-order valence-electron chi connectivity index (χ1n) is 11.1. The molecule has 0 spiro atoms. The summed E-state index contributed by atoms with van der Waals surface area (Å²) in [7, 11) is 0. The summed E-state index contributed by atoms with van der Waals surface area (Å²) in [6, 6.07) is 11.0. The fraction of sp³-hybridized carbons (Fsp3) is 0.458. The summed E-state index contributed by atoms with van der Waals surface area (Å²) in [4.78, 5) is 44.5. The van der Waals surface area contributed by atoms with Gasteiger partial charge < -0.3 is 21.1 Å². The van der Waals surface area contributed by atoms with Crippen LogP contribution in [0.3, 0.4) is 0 Å². The first-order valence-corrected chi connectivity index (χ1v) is 11.1. The molecular formula is C24H33N5O4. The zero-order chi connectivity index (χ0) is 24.1. The Kier molecular flexibility index (Phi) is 10.3. The molecule has 0 aliphatic heterocycles. The number of carboxylic acid groups (broad SMARTS) is 1. The van der Waals surface area contributed by atoms with E-state index in [0.717, 1.165) is 18.4 Å². The molecule has 1 heterocycles. The van der Waals surface area contributed by atoms with Gasteiger partial charge in [0.1, 0.15) is 0 Å². The van der Waals surface area contributed by atoms with E-state index in [4.69, 9.17) is 0 Å². The van der Waals surface area contributed by atoms with E-state index in [2.05, 4.69) is 25.9 Å². The van der Waals surface area contributed by atoms with Gasteiger partial charge >= 0.3 is 5.97 Å². The number of nitrogens with one attached hydrogen (secondary N) is 3. The first kappa shape index (κ1) is 25.8. The molecule has 2 amide bonds. The van der Waals surface area contributed by atoms with Crippen LogP contribution < -0.4 is 16.0 Å². The summed E-state index contributed by atoms with van der Waals surface area (Å²) in [5.41, 5.74) is -0.168. The van der Waals surface area contributed by atoms with E-state index in [0.29, 0.717) is 19.0 Å². The minimum absolute atomic E-state index is 0.0839. The molecule has 0 aliphatic rings. The number of nitrogens with zero attached hydrogens (tertiary/aromatic N) is 2. The number of benzene rings is 1. The highest BCUT2D eigenvalue weighted by atomic mass is 16.4. The quantitative estimate of drug-likeness (QED) is 0.322. The van der Waals surface area contributed by atoms with Crippen LogP contribution in [0.4, 0.5) is 5.95 Å². The minimum atomic E-state index is -0.977. The van der Waals surface area contributed by atoms with Gasteiger partial charge in [0.05, 0.1) is 11.3 Å². The highest BCUT2D eigenvalue weighted by Crippen LogP contribution is 2.22. The maximum atomic E-state index is 12.8. The molecule has 1 aromatic heterocycles. The van der Waals surface area contributed by atoms with E-state index < -0.39 is 17.3 Å². The van der Waals surface area contributed by atoms with Crippen molar-refractivity contribution in [3.05, 3.63) is 54.4 Å². The van der Waals surface area contributed by atoms with Gasteiger partial charge in [-0.2, -0.15) is 0 Å². The molecule has 0 fully saturated rings. The van der Waals surface area contributed by atoms with Gasteiger partial charge in [-0.25, -0.2) is 9.97 Å². The lowest BCUT2D eigenvalue weighted by molar-refractivity contribution is -0.147. The molecule has 178 valence electrons. The minimum Gasteiger partial charge on any atom is -0.481 e. The average Bonchev–Trinajstić information content (AvgIpc) is 2.81. The lowest BCUT2D eigenvalue weighted by atomic mass is 9.88. The summed E-state index contributed by atoms with van der Waals surface area (Å²) in [6.07, 6.45) is 5.27. The van der Waals surface area contributed by atoms with E-state index in [-0.39, 0.29) is 31.2 Å². The van der Waals surface area contributed by atoms with Gasteiger partial charge in [-0.05, 0) is 44.7 Å². The SMILES string of the molecule is CC(C)(CCC(=O)NC[C@@H](C(=O)NCCCCNc1ncccn1)c1ccccc1)C(=O)O. The van der Waals surface area contributed by atoms with Crippen LogP contribution >= 0.6 is 0 Å². The van der Waals surface area contributed by atoms with Crippen LogP contribution in [-0.4, -0.2) is 52.5 Å². The topological polar surface area (TPSA) is 133 Å². The largest absolute Gasteiger partial charge is 0.481 e. The number of carboxylic acids is 1. The maximum absolute atomic E-state index is 12.8. The smallest absolute Gasteiger partial charge is 0.309 e. The van der Waals surface area contributed by atoms with Gasteiger partial charge in [0, 0.05) is 38.4 Å². The van der Waals surface area contributed by atoms with Crippen LogP contribution in [0, 0.1) is 5.41 Å². The average molecular weight is 456 g/mol. The Bertz CT molecular complexity index is 890. The molecule has 9 nitrogen and oxygen atoms in total. The fourth-order valence-corrected chi connectivity index (χ4v) is 3.06. The summed E-state index contributed by atoms with van der Waals surface area (Å²) >= 11 is 0. The number of hydrogen-bond acceptors (Lipinski definition) is 6. The molecule has 9 heteroatoms. The second-order valence-electron chi connectivity index (χ2n) is 8.45. The molecule has 1 atom stereocenters. The van der Waals surface area contributed by atoms with E-state index in [1.54, 1.807) is 32.3 Å². The summed E-state index contributed by atoms with van der Waals surface area (Å²) in [5.74, 6) is -1.33. The summed E-state index contributed by atoms with van der Waals surface area (Å²) in [5, 5.41) is 18.1. The second-order valence-corrected chi connectivity index (χ2v) is 8.45. The second kappa shape index (κ2) is 13.1. The van der Waals surface area contributed by atoms with Crippen molar-refractivity contribution in [1.82, 2.24) is 20.6 Å². The highest BCUT2D eigenvalue weighted by molar-refractivity contribution is 5.85. The van der Waals surface area contributed by atoms with Crippen molar-refractivity contribution in [2.75, 3.05) is 25.0 Å². The van der Waals surface area contributed by atoms with Gasteiger partial charge in [-0.3, -0.25) is 14.4 Å². The number of aliphatic carboxylic acids is 1. The molecule has 0 unspecified atom stereocenters. The van der Waals surface area contributed by atoms with Crippen LogP contribution in [0.2, 0.25) is 0 Å². The third-order valence-corrected chi connectivity index (χ3v) is 5.33. The highest BCUT2D eigenvalue weighted by Gasteiger charge is 2.28. The molecule has 4 N–H and O–H groups in total. The van der Waals surface area contributed by atoms with Crippen molar-refractivity contribution >= 4 is 23.7 Å². The predicted octanol–water partition coefficient (Wildman–Crippen LogP) is 2.58. The van der Waals surface area contributed by atoms with Crippen LogP contribution in [0.5, 0.6) is 0 Å². The molecule has 2 rings (SSSR count). The van der Waals surface area contributed by atoms with Crippen molar-refractivity contribution in [3.8, 4) is 0 Å². The zero-order valence-corrected chi connectivity index (χ0v) is 19.2. The number of rotatable bonds is 14. The Morgan fingerprint density at radius 2 is 1.64 bits per heavy atom. The number of aromatic nitrogens is 2. The van der Waals surface area contributed by atoms with Crippen LogP contribution in [0.25, 0.3) is 0 Å². The third-order valence-electron chi connectivity index (χ3n) is 5.33. The number of unbranched alkanes of at least 4 members (excludes halogenated alkanes) is 1. The van der Waals surface area contributed by atoms with Crippen molar-refractivity contribution in [2.45, 2.75) is 45.4 Å². The summed E-state index contributed by atoms with van der Waals surface area (Å²) < 4.78 is 0. The maximum Gasteiger partial charge on any atom is 0.309 e. The number of carbonyl (C=O) groups is 3. The number of hydrogen-bond donors (Lipinski definition) is 4. The molecule has 0 saturated carbocycles. The number of carbonyl (C=O) groups excluding carboxylic acids is 2. The normalized spacial score (nSPS) is 11.9. The predicted molar refractivity (Wildman–Crippen MR) is 126 cm³/mol. The Balaban J connectivity index is 1.79. The van der Waals surface area contributed by atoms with Crippen molar-refractivity contribution < 1.29 is 19.5 Å². The van der Waals surface area contributed by atoms with Crippen LogP contribution in [0.15, 0.2) is 48.8 Å². The molecule has 0 saturated heterocycles. The van der Waals surface area contributed by atoms with E-state index >= 15 is 0 Å². The molecular weight excluding hydrogens is 422 g/mol. The first-order chi connectivity index (χ1) is 15.8. The van der Waals surface area contributed by atoms with Gasteiger partial charge in [-0.15, -0.1) is 0 Å². The fourth-order valence-electron chi connectivity index (χ4n) is 3.06. The molecule has 0 bridgehead atoms. The lowest BCUT2D eigenvalue weighted by Crippen LogP contribution is -2.38. The number of anilines is 1. The monoisotopic (exact) mass is 455 g/mol. The third kappa shape index (κ3) is 9.26.